The molecule has 0 bridgehead atoms. The Morgan fingerprint density at radius 3 is 2.76 bits per heavy atom. The van der Waals surface area contributed by atoms with Crippen LogP contribution in [0.2, 0.25) is 0 Å². The zero-order chi connectivity index (χ0) is 12.8. The van der Waals surface area contributed by atoms with Gasteiger partial charge in [-0.1, -0.05) is 0 Å². The number of aliphatic carboxylic acids is 1. The van der Waals surface area contributed by atoms with Gasteiger partial charge in [-0.25, -0.2) is 4.79 Å². The van der Waals surface area contributed by atoms with Gasteiger partial charge < -0.3 is 20.1 Å². The van der Waals surface area contributed by atoms with Gasteiger partial charge in [-0.3, -0.25) is 9.59 Å². The Balaban J connectivity index is 2.47. The predicted octanol–water partition coefficient (Wildman–Crippen LogP) is -1.18. The second-order valence-electron chi connectivity index (χ2n) is 3.75. The lowest BCUT2D eigenvalue weighted by Gasteiger charge is -2.32. The summed E-state index contributed by atoms with van der Waals surface area (Å²) in [6, 6.07) is -0.923. The Bertz CT molecular complexity index is 318. The van der Waals surface area contributed by atoms with Crippen molar-refractivity contribution in [3.05, 3.63) is 0 Å². The number of carboxylic acid groups (broad SMARTS) is 1. The van der Waals surface area contributed by atoms with Gasteiger partial charge in [0.2, 0.25) is 11.8 Å². The quantitative estimate of drug-likeness (QED) is 0.649. The standard InChI is InChI=1S/C10H16N2O5/c1-7(13)11-3-2-9(14)12-4-5-17-6-8(12)10(15)16/h8H,2-6H2,1H3,(H,11,13)(H,15,16). The first-order valence-corrected chi connectivity index (χ1v) is 5.37. The smallest absolute Gasteiger partial charge is 0.328 e. The minimum Gasteiger partial charge on any atom is -0.480 e. The van der Waals surface area contributed by atoms with Gasteiger partial charge in [0.25, 0.3) is 0 Å². The van der Waals surface area contributed by atoms with Crippen LogP contribution >= 0.6 is 0 Å². The molecule has 7 heteroatoms. The Morgan fingerprint density at radius 2 is 2.18 bits per heavy atom. The average Bonchev–Trinajstić information content (AvgIpc) is 2.28. The number of carbonyl (C=O) groups is 3. The van der Waals surface area contributed by atoms with Gasteiger partial charge in [-0.2, -0.15) is 0 Å². The van der Waals surface area contributed by atoms with Crippen LogP contribution in [0, 0.1) is 0 Å². The lowest BCUT2D eigenvalue weighted by molar-refractivity contribution is -0.158. The van der Waals surface area contributed by atoms with Gasteiger partial charge in [-0.15, -0.1) is 0 Å². The first kappa shape index (κ1) is 13.4. The number of nitrogens with one attached hydrogen (secondary N) is 1. The van der Waals surface area contributed by atoms with Gasteiger partial charge >= 0.3 is 5.97 Å². The molecule has 96 valence electrons. The molecular formula is C10H16N2O5. The highest BCUT2D eigenvalue weighted by atomic mass is 16.5. The third-order valence-electron chi connectivity index (χ3n) is 2.45. The molecule has 1 fully saturated rings. The maximum Gasteiger partial charge on any atom is 0.328 e. The molecule has 7 nitrogen and oxygen atoms in total. The molecule has 1 aliphatic heterocycles. The molecule has 1 rings (SSSR count). The molecule has 1 aliphatic rings. The molecule has 0 aromatic rings. The maximum absolute atomic E-state index is 11.8. The summed E-state index contributed by atoms with van der Waals surface area (Å²) in [4.78, 5) is 34.6. The fourth-order valence-electron chi connectivity index (χ4n) is 1.60. The second kappa shape index (κ2) is 6.19. The normalized spacial score (nSPS) is 19.8. The molecule has 0 aliphatic carbocycles. The molecule has 0 spiro atoms. The van der Waals surface area contributed by atoms with Crippen molar-refractivity contribution < 1.29 is 24.2 Å². The number of morpholine rings is 1. The fourth-order valence-corrected chi connectivity index (χ4v) is 1.60. The zero-order valence-electron chi connectivity index (χ0n) is 9.64. The molecule has 2 amide bonds. The van der Waals surface area contributed by atoms with Crippen LogP contribution in [0.4, 0.5) is 0 Å². The van der Waals surface area contributed by atoms with E-state index in [0.717, 1.165) is 0 Å². The van der Waals surface area contributed by atoms with E-state index in [2.05, 4.69) is 5.32 Å². The largest absolute Gasteiger partial charge is 0.480 e. The topological polar surface area (TPSA) is 95.9 Å². The fraction of sp³-hybridized carbons (Fsp3) is 0.700. The van der Waals surface area contributed by atoms with Crippen LogP contribution in [0.15, 0.2) is 0 Å². The minimum absolute atomic E-state index is 0.0151. The number of hydrogen-bond donors (Lipinski definition) is 2. The van der Waals surface area contributed by atoms with Crippen molar-refractivity contribution in [2.75, 3.05) is 26.3 Å². The third kappa shape index (κ3) is 4.03. The summed E-state index contributed by atoms with van der Waals surface area (Å²) in [5.74, 6) is -1.57. The maximum atomic E-state index is 11.8. The Morgan fingerprint density at radius 1 is 1.47 bits per heavy atom. The third-order valence-corrected chi connectivity index (χ3v) is 2.45. The molecule has 1 atom stereocenters. The van der Waals surface area contributed by atoms with Gasteiger partial charge in [0.05, 0.1) is 13.2 Å². The highest BCUT2D eigenvalue weighted by molar-refractivity contribution is 5.84. The van der Waals surface area contributed by atoms with Crippen molar-refractivity contribution in [2.24, 2.45) is 0 Å². The van der Waals surface area contributed by atoms with E-state index in [1.165, 1.54) is 11.8 Å². The summed E-state index contributed by atoms with van der Waals surface area (Å²) < 4.78 is 5.02. The molecule has 2 N–H and O–H groups in total. The average molecular weight is 244 g/mol. The van der Waals surface area contributed by atoms with Crippen molar-refractivity contribution >= 4 is 17.8 Å². The summed E-state index contributed by atoms with van der Waals surface area (Å²) in [6.07, 6.45) is 0.101. The first-order valence-electron chi connectivity index (χ1n) is 5.37. The molecule has 1 unspecified atom stereocenters. The number of carbonyl (C=O) groups excluding carboxylic acids is 2. The number of ether oxygens (including phenoxy) is 1. The van der Waals surface area contributed by atoms with Crippen molar-refractivity contribution in [1.82, 2.24) is 10.2 Å². The lowest BCUT2D eigenvalue weighted by Crippen LogP contribution is -2.53. The molecule has 0 saturated carbocycles. The van der Waals surface area contributed by atoms with E-state index in [-0.39, 0.29) is 37.9 Å². The van der Waals surface area contributed by atoms with E-state index >= 15 is 0 Å². The summed E-state index contributed by atoms with van der Waals surface area (Å²) in [5, 5.41) is 11.4. The summed E-state index contributed by atoms with van der Waals surface area (Å²) in [7, 11) is 0. The Hall–Kier alpha value is -1.63. The van der Waals surface area contributed by atoms with Gasteiger partial charge in [0.1, 0.15) is 0 Å². The SMILES string of the molecule is CC(=O)NCCC(=O)N1CCOCC1C(=O)O. The van der Waals surface area contributed by atoms with E-state index in [1.807, 2.05) is 0 Å². The predicted molar refractivity (Wildman–Crippen MR) is 57.3 cm³/mol. The van der Waals surface area contributed by atoms with Crippen molar-refractivity contribution in [1.29, 1.82) is 0 Å². The highest BCUT2D eigenvalue weighted by Crippen LogP contribution is 2.08. The van der Waals surface area contributed by atoms with Crippen molar-refractivity contribution in [3.63, 3.8) is 0 Å². The summed E-state index contributed by atoms with van der Waals surface area (Å²) in [6.45, 7) is 2.21. The van der Waals surface area contributed by atoms with E-state index < -0.39 is 12.0 Å². The molecule has 0 radical (unpaired) electrons. The van der Waals surface area contributed by atoms with Crippen molar-refractivity contribution in [2.45, 2.75) is 19.4 Å². The number of nitrogens with zero attached hydrogens (tertiary/aromatic N) is 1. The number of amides is 2. The highest BCUT2D eigenvalue weighted by Gasteiger charge is 2.32. The Labute approximate surface area is 98.7 Å². The molecule has 17 heavy (non-hydrogen) atoms. The van der Waals surface area contributed by atoms with Crippen LogP contribution in [-0.2, 0) is 19.1 Å². The molecule has 1 heterocycles. The van der Waals surface area contributed by atoms with Crippen LogP contribution in [0.5, 0.6) is 0 Å². The van der Waals surface area contributed by atoms with Crippen molar-refractivity contribution in [3.8, 4) is 0 Å². The van der Waals surface area contributed by atoms with Gasteiger partial charge in [-0.05, 0) is 0 Å². The van der Waals surface area contributed by atoms with E-state index in [0.29, 0.717) is 6.61 Å². The van der Waals surface area contributed by atoms with Gasteiger partial charge in [0, 0.05) is 26.4 Å². The zero-order valence-corrected chi connectivity index (χ0v) is 9.64. The summed E-state index contributed by atoms with van der Waals surface area (Å²) in [5.41, 5.74) is 0. The molecular weight excluding hydrogens is 228 g/mol. The van der Waals surface area contributed by atoms with E-state index in [4.69, 9.17) is 9.84 Å². The van der Waals surface area contributed by atoms with E-state index in [1.54, 1.807) is 0 Å². The monoisotopic (exact) mass is 244 g/mol. The second-order valence-corrected chi connectivity index (χ2v) is 3.75. The first-order chi connectivity index (χ1) is 8.02. The number of rotatable bonds is 4. The van der Waals surface area contributed by atoms with Gasteiger partial charge in [0.15, 0.2) is 6.04 Å². The number of carboxylic acids is 1. The van der Waals surface area contributed by atoms with Crippen LogP contribution < -0.4 is 5.32 Å². The Kier molecular flexibility index (Phi) is 4.89. The van der Waals surface area contributed by atoms with E-state index in [9.17, 15) is 14.4 Å². The van der Waals surface area contributed by atoms with Crippen LogP contribution in [0.1, 0.15) is 13.3 Å². The molecule has 0 aromatic carbocycles. The van der Waals surface area contributed by atoms with Crippen LogP contribution in [-0.4, -0.2) is 60.1 Å². The number of hydrogen-bond acceptors (Lipinski definition) is 4. The van der Waals surface area contributed by atoms with Crippen LogP contribution in [0.25, 0.3) is 0 Å². The van der Waals surface area contributed by atoms with Crippen LogP contribution in [0.3, 0.4) is 0 Å². The summed E-state index contributed by atoms with van der Waals surface area (Å²) >= 11 is 0. The molecule has 0 aromatic heterocycles. The lowest BCUT2D eigenvalue weighted by atomic mass is 10.2. The minimum atomic E-state index is -1.07. The molecule has 1 saturated heterocycles.